The van der Waals surface area contributed by atoms with Gasteiger partial charge < -0.3 is 9.80 Å². The Morgan fingerprint density at radius 1 is 1.07 bits per heavy atom. The average molecular weight is 397 g/mol. The zero-order chi connectivity index (χ0) is 19.3. The second kappa shape index (κ2) is 8.91. The quantitative estimate of drug-likeness (QED) is 0.759. The summed E-state index contributed by atoms with van der Waals surface area (Å²) in [5.74, 6) is 0.859. The van der Waals surface area contributed by atoms with E-state index in [2.05, 4.69) is 17.0 Å². The van der Waals surface area contributed by atoms with E-state index in [1.165, 1.54) is 5.56 Å². The fraction of sp³-hybridized carbons (Fsp3) is 0.478. The fourth-order valence-electron chi connectivity index (χ4n) is 4.68. The van der Waals surface area contributed by atoms with Crippen LogP contribution >= 0.6 is 11.3 Å². The van der Waals surface area contributed by atoms with E-state index < -0.39 is 0 Å². The molecule has 0 N–H and O–H groups in total. The molecule has 4 nitrogen and oxygen atoms in total. The number of nitrogens with zero attached hydrogens (tertiary/aromatic N) is 2. The van der Waals surface area contributed by atoms with Crippen molar-refractivity contribution < 1.29 is 9.59 Å². The summed E-state index contributed by atoms with van der Waals surface area (Å²) in [6.45, 7) is 2.43. The monoisotopic (exact) mass is 396 g/mol. The molecule has 2 atom stereocenters. The molecule has 2 amide bonds. The Hall–Kier alpha value is -2.14. The highest BCUT2D eigenvalue weighted by atomic mass is 32.1. The number of amides is 2. The number of hydrogen-bond acceptors (Lipinski definition) is 3. The van der Waals surface area contributed by atoms with Gasteiger partial charge in [-0.2, -0.15) is 11.3 Å². The summed E-state index contributed by atoms with van der Waals surface area (Å²) in [7, 11) is 0. The van der Waals surface area contributed by atoms with E-state index in [-0.39, 0.29) is 17.9 Å². The summed E-state index contributed by atoms with van der Waals surface area (Å²) >= 11 is 1.57. The standard InChI is InChI=1S/C23H28N2O2S/c26-22(10-4-8-18-6-2-1-3-7-18)24-14-11-21-19(16-24)9-5-13-25(21)23(27)20-12-15-28-17-20/h1-3,6-7,12,15,17,19,21H,4-5,8-11,13-14,16H2/t19-,21+/m1/s1. The maximum absolute atomic E-state index is 12.9. The van der Waals surface area contributed by atoms with Gasteiger partial charge in [0.15, 0.2) is 0 Å². The number of benzene rings is 1. The molecular formula is C23H28N2O2S. The smallest absolute Gasteiger partial charge is 0.254 e. The largest absolute Gasteiger partial charge is 0.342 e. The molecule has 2 aromatic rings. The van der Waals surface area contributed by atoms with E-state index in [1.54, 1.807) is 11.3 Å². The second-order valence-corrected chi connectivity index (χ2v) is 8.73. The van der Waals surface area contributed by atoms with Gasteiger partial charge >= 0.3 is 0 Å². The van der Waals surface area contributed by atoms with Crippen molar-refractivity contribution >= 4 is 23.2 Å². The Morgan fingerprint density at radius 2 is 1.93 bits per heavy atom. The van der Waals surface area contributed by atoms with Gasteiger partial charge in [-0.3, -0.25) is 9.59 Å². The van der Waals surface area contributed by atoms with Gasteiger partial charge in [-0.15, -0.1) is 0 Å². The molecule has 0 aliphatic carbocycles. The van der Waals surface area contributed by atoms with Crippen LogP contribution in [0.15, 0.2) is 47.2 Å². The molecule has 28 heavy (non-hydrogen) atoms. The second-order valence-electron chi connectivity index (χ2n) is 7.95. The van der Waals surface area contributed by atoms with E-state index in [0.29, 0.717) is 12.3 Å². The van der Waals surface area contributed by atoms with Gasteiger partial charge in [0.2, 0.25) is 5.91 Å². The van der Waals surface area contributed by atoms with Crippen LogP contribution in [-0.2, 0) is 11.2 Å². The van der Waals surface area contributed by atoms with Crippen LogP contribution in [0, 0.1) is 5.92 Å². The Kier molecular flexibility index (Phi) is 6.10. The van der Waals surface area contributed by atoms with Gasteiger partial charge in [-0.25, -0.2) is 0 Å². The Morgan fingerprint density at radius 3 is 2.71 bits per heavy atom. The highest BCUT2D eigenvalue weighted by Crippen LogP contribution is 2.32. The molecule has 3 heterocycles. The van der Waals surface area contributed by atoms with Crippen LogP contribution in [0.4, 0.5) is 0 Å². The topological polar surface area (TPSA) is 40.6 Å². The van der Waals surface area contributed by atoms with Gasteiger partial charge in [0.25, 0.3) is 5.91 Å². The molecular weight excluding hydrogens is 368 g/mol. The summed E-state index contributed by atoms with van der Waals surface area (Å²) in [6, 6.07) is 12.6. The molecule has 0 radical (unpaired) electrons. The van der Waals surface area contributed by atoms with Crippen molar-refractivity contribution in [1.29, 1.82) is 0 Å². The van der Waals surface area contributed by atoms with Crippen LogP contribution in [-0.4, -0.2) is 47.3 Å². The van der Waals surface area contributed by atoms with E-state index >= 15 is 0 Å². The lowest BCUT2D eigenvalue weighted by atomic mass is 9.83. The number of thiophene rings is 1. The van der Waals surface area contributed by atoms with Gasteiger partial charge in [-0.05, 0) is 55.0 Å². The first kappa shape index (κ1) is 19.2. The third-order valence-corrected chi connectivity index (χ3v) is 6.83. The van der Waals surface area contributed by atoms with Crippen LogP contribution in [0.2, 0.25) is 0 Å². The maximum atomic E-state index is 12.9. The molecule has 148 valence electrons. The number of fused-ring (bicyclic) bond motifs is 1. The van der Waals surface area contributed by atoms with Crippen molar-refractivity contribution in [2.24, 2.45) is 5.92 Å². The lowest BCUT2D eigenvalue weighted by Crippen LogP contribution is -2.56. The highest BCUT2D eigenvalue weighted by Gasteiger charge is 2.39. The molecule has 0 spiro atoms. The number of carbonyl (C=O) groups excluding carboxylic acids is 2. The van der Waals surface area contributed by atoms with Crippen LogP contribution in [0.25, 0.3) is 0 Å². The van der Waals surface area contributed by atoms with Crippen LogP contribution in [0.5, 0.6) is 0 Å². The summed E-state index contributed by atoms with van der Waals surface area (Å²) in [6.07, 6.45) is 5.53. The van der Waals surface area contributed by atoms with E-state index in [9.17, 15) is 9.59 Å². The van der Waals surface area contributed by atoms with Gasteiger partial charge in [0.05, 0.1) is 5.56 Å². The number of likely N-dealkylation sites (tertiary alicyclic amines) is 2. The molecule has 2 aliphatic heterocycles. The third-order valence-electron chi connectivity index (χ3n) is 6.15. The van der Waals surface area contributed by atoms with Crippen molar-refractivity contribution in [3.8, 4) is 0 Å². The molecule has 5 heteroatoms. The van der Waals surface area contributed by atoms with E-state index in [4.69, 9.17) is 0 Å². The minimum absolute atomic E-state index is 0.165. The summed E-state index contributed by atoms with van der Waals surface area (Å²) in [4.78, 5) is 29.7. The normalized spacial score (nSPS) is 22.0. The number of rotatable bonds is 5. The predicted molar refractivity (Wildman–Crippen MR) is 112 cm³/mol. The zero-order valence-corrected chi connectivity index (χ0v) is 17.1. The summed E-state index contributed by atoms with van der Waals surface area (Å²) < 4.78 is 0. The van der Waals surface area contributed by atoms with Gasteiger partial charge in [-0.1, -0.05) is 30.3 Å². The molecule has 2 saturated heterocycles. The zero-order valence-electron chi connectivity index (χ0n) is 16.3. The molecule has 0 unspecified atom stereocenters. The molecule has 1 aromatic heterocycles. The first-order chi connectivity index (χ1) is 13.7. The first-order valence-electron chi connectivity index (χ1n) is 10.4. The molecule has 0 saturated carbocycles. The van der Waals surface area contributed by atoms with Crippen molar-refractivity contribution in [3.05, 3.63) is 58.3 Å². The Labute approximate surface area is 171 Å². The van der Waals surface area contributed by atoms with Gasteiger partial charge in [0, 0.05) is 37.5 Å². The molecule has 1 aromatic carbocycles. The first-order valence-corrected chi connectivity index (χ1v) is 11.3. The fourth-order valence-corrected chi connectivity index (χ4v) is 5.31. The Bertz CT molecular complexity index is 790. The van der Waals surface area contributed by atoms with Crippen LogP contribution in [0.3, 0.4) is 0 Å². The lowest BCUT2D eigenvalue weighted by molar-refractivity contribution is -0.134. The number of piperidine rings is 2. The maximum Gasteiger partial charge on any atom is 0.254 e. The lowest BCUT2D eigenvalue weighted by Gasteiger charge is -2.47. The predicted octanol–water partition coefficient (Wildman–Crippen LogP) is 4.22. The summed E-state index contributed by atoms with van der Waals surface area (Å²) in [5.41, 5.74) is 2.11. The van der Waals surface area contributed by atoms with Crippen molar-refractivity contribution in [1.82, 2.24) is 9.80 Å². The van der Waals surface area contributed by atoms with Gasteiger partial charge in [0.1, 0.15) is 0 Å². The number of hydrogen-bond donors (Lipinski definition) is 0. The highest BCUT2D eigenvalue weighted by molar-refractivity contribution is 7.08. The average Bonchev–Trinajstić information content (AvgIpc) is 3.28. The number of aryl methyl sites for hydroxylation is 1. The van der Waals surface area contributed by atoms with E-state index in [1.807, 2.05) is 39.9 Å². The molecule has 2 aliphatic rings. The van der Waals surface area contributed by atoms with Crippen LogP contribution < -0.4 is 0 Å². The minimum Gasteiger partial charge on any atom is -0.342 e. The number of carbonyl (C=O) groups is 2. The molecule has 2 fully saturated rings. The van der Waals surface area contributed by atoms with Crippen molar-refractivity contribution in [2.75, 3.05) is 19.6 Å². The minimum atomic E-state index is 0.165. The summed E-state index contributed by atoms with van der Waals surface area (Å²) in [5, 5.41) is 3.91. The van der Waals surface area contributed by atoms with Crippen molar-refractivity contribution in [3.63, 3.8) is 0 Å². The van der Waals surface area contributed by atoms with Crippen molar-refractivity contribution in [2.45, 2.75) is 44.6 Å². The van der Waals surface area contributed by atoms with E-state index in [0.717, 1.165) is 57.3 Å². The Balaban J connectivity index is 1.30. The van der Waals surface area contributed by atoms with Crippen LogP contribution in [0.1, 0.15) is 48.0 Å². The SMILES string of the molecule is O=C(CCCc1ccccc1)N1CC[C@H]2[C@H](CCCN2C(=O)c2ccsc2)C1. The molecule has 4 rings (SSSR count). The third kappa shape index (κ3) is 4.30. The molecule has 0 bridgehead atoms.